The van der Waals surface area contributed by atoms with Crippen molar-refractivity contribution in [3.63, 3.8) is 0 Å². The molecule has 0 unspecified atom stereocenters. The molecule has 1 saturated heterocycles. The minimum Gasteiger partial charge on any atom is -0.477 e. The maximum absolute atomic E-state index is 12.2. The number of nitrogens with one attached hydrogen (secondary N) is 2. The molecule has 1 aromatic carbocycles. The number of carbonyl (C=O) groups is 1. The summed E-state index contributed by atoms with van der Waals surface area (Å²) in [5, 5.41) is 22.5. The number of sulfonamides is 1. The van der Waals surface area contributed by atoms with Gasteiger partial charge in [-0.2, -0.15) is 9.97 Å². The van der Waals surface area contributed by atoms with Crippen LogP contribution in [0.15, 0.2) is 24.3 Å². The molecule has 0 saturated carbocycles. The second-order valence-corrected chi connectivity index (χ2v) is 13.9. The molecule has 14 heteroatoms. The van der Waals surface area contributed by atoms with Crippen LogP contribution in [-0.2, 0) is 23.0 Å². The molecule has 4 N–H and O–H groups in total. The van der Waals surface area contributed by atoms with Gasteiger partial charge in [-0.1, -0.05) is 23.5 Å². The van der Waals surface area contributed by atoms with Crippen molar-refractivity contribution >= 4 is 55.7 Å². The van der Waals surface area contributed by atoms with Crippen molar-refractivity contribution < 1.29 is 23.4 Å². The van der Waals surface area contributed by atoms with Gasteiger partial charge in [-0.15, -0.1) is 0 Å². The summed E-state index contributed by atoms with van der Waals surface area (Å²) in [4.78, 5) is 30.2. The first-order valence-electron chi connectivity index (χ1n) is 13.7. The molecule has 41 heavy (non-hydrogen) atoms. The largest absolute Gasteiger partial charge is 0.477 e. The Kier molecular flexibility index (Phi) is 8.34. The molecule has 12 nitrogen and oxygen atoms in total. The van der Waals surface area contributed by atoms with Gasteiger partial charge in [0.25, 0.3) is 0 Å². The highest BCUT2D eigenvalue weighted by Gasteiger charge is 2.29. The number of aromatic nitrogens is 3. The van der Waals surface area contributed by atoms with E-state index in [1.54, 1.807) is 32.9 Å². The van der Waals surface area contributed by atoms with E-state index in [0.29, 0.717) is 54.9 Å². The van der Waals surface area contributed by atoms with Crippen molar-refractivity contribution in [2.75, 3.05) is 39.5 Å². The minimum atomic E-state index is -3.43. The Bertz CT molecular complexity index is 1520. The fourth-order valence-corrected chi connectivity index (χ4v) is 6.47. The number of nitrogens with zero attached hydrogens (tertiary/aromatic N) is 5. The number of thiazole rings is 1. The summed E-state index contributed by atoms with van der Waals surface area (Å²) in [6, 6.07) is 7.35. The summed E-state index contributed by atoms with van der Waals surface area (Å²) < 4.78 is 27.1. The van der Waals surface area contributed by atoms with Gasteiger partial charge >= 0.3 is 5.97 Å². The smallest absolute Gasteiger partial charge is 0.347 e. The third-order valence-corrected chi connectivity index (χ3v) is 10.1. The number of hydrogen-bond donors (Lipinski definition) is 4. The molecular formula is C27H35N7O5S2. The Morgan fingerprint density at radius 3 is 2.41 bits per heavy atom. The van der Waals surface area contributed by atoms with Crippen molar-refractivity contribution in [1.82, 2.24) is 15.0 Å². The summed E-state index contributed by atoms with van der Waals surface area (Å²) in [7, 11) is -3.43. The fourth-order valence-electron chi connectivity index (χ4n) is 4.97. The highest BCUT2D eigenvalue weighted by atomic mass is 32.2. The van der Waals surface area contributed by atoms with Gasteiger partial charge in [-0.05, 0) is 64.2 Å². The number of aliphatic hydroxyl groups excluding tert-OH is 1. The SMILES string of the molecule is Cc1nc(Nc2nc(N3CCC(O)CC3)c3c(n2)N(Cc2ccc(NS(=O)(=O)C(C)C)cc2)CCC3)sc1C(=O)O. The lowest BCUT2D eigenvalue weighted by atomic mass is 10.0. The fraction of sp³-hybridized carbons (Fsp3) is 0.481. The van der Waals surface area contributed by atoms with E-state index in [-0.39, 0.29) is 11.0 Å². The second kappa shape index (κ2) is 11.8. The van der Waals surface area contributed by atoms with E-state index in [9.17, 15) is 23.4 Å². The number of piperidine rings is 1. The molecule has 0 aliphatic carbocycles. The van der Waals surface area contributed by atoms with Gasteiger partial charge in [-0.25, -0.2) is 18.2 Å². The van der Waals surface area contributed by atoms with Gasteiger partial charge in [0.2, 0.25) is 16.0 Å². The normalized spacial score (nSPS) is 16.1. The molecule has 0 atom stereocenters. The highest BCUT2D eigenvalue weighted by molar-refractivity contribution is 7.93. The lowest BCUT2D eigenvalue weighted by Crippen LogP contribution is -2.38. The van der Waals surface area contributed by atoms with Crippen LogP contribution in [-0.4, -0.2) is 70.5 Å². The third kappa shape index (κ3) is 6.54. The first-order chi connectivity index (χ1) is 19.5. The Morgan fingerprint density at radius 1 is 1.10 bits per heavy atom. The van der Waals surface area contributed by atoms with Crippen LogP contribution < -0.4 is 19.8 Å². The summed E-state index contributed by atoms with van der Waals surface area (Å²) in [6.07, 6.45) is 2.74. The molecule has 2 aliphatic heterocycles. The van der Waals surface area contributed by atoms with Gasteiger partial charge in [0, 0.05) is 37.4 Å². The summed E-state index contributed by atoms with van der Waals surface area (Å²) in [5.41, 5.74) is 2.99. The minimum absolute atomic E-state index is 0.163. The zero-order chi connectivity index (χ0) is 29.3. The predicted octanol–water partition coefficient (Wildman–Crippen LogP) is 3.75. The van der Waals surface area contributed by atoms with Crippen LogP contribution in [0, 0.1) is 6.92 Å². The third-order valence-electron chi connectivity index (χ3n) is 7.30. The molecule has 0 radical (unpaired) electrons. The van der Waals surface area contributed by atoms with Crippen LogP contribution in [0.25, 0.3) is 0 Å². The van der Waals surface area contributed by atoms with E-state index >= 15 is 0 Å². The number of carboxylic acids is 1. The van der Waals surface area contributed by atoms with Gasteiger partial charge in [0.05, 0.1) is 17.0 Å². The van der Waals surface area contributed by atoms with Crippen molar-refractivity contribution in [3.05, 3.63) is 46.0 Å². The van der Waals surface area contributed by atoms with Gasteiger partial charge in [0.1, 0.15) is 16.5 Å². The number of benzene rings is 1. The molecule has 0 bridgehead atoms. The maximum atomic E-state index is 12.2. The van der Waals surface area contributed by atoms with Crippen molar-refractivity contribution in [2.24, 2.45) is 0 Å². The quantitative estimate of drug-likeness (QED) is 0.283. The average molecular weight is 602 g/mol. The number of anilines is 5. The topological polar surface area (TPSA) is 161 Å². The molecule has 220 valence electrons. The van der Waals surface area contributed by atoms with E-state index in [4.69, 9.17) is 9.97 Å². The highest BCUT2D eigenvalue weighted by Crippen LogP contribution is 2.36. The van der Waals surface area contributed by atoms with E-state index in [1.807, 2.05) is 12.1 Å². The monoisotopic (exact) mass is 601 g/mol. The molecular weight excluding hydrogens is 566 g/mol. The first kappa shape index (κ1) is 29.0. The van der Waals surface area contributed by atoms with Gasteiger partial charge < -0.3 is 20.0 Å². The van der Waals surface area contributed by atoms with Crippen LogP contribution in [0.5, 0.6) is 0 Å². The Labute approximate surface area is 243 Å². The lowest BCUT2D eigenvalue weighted by Gasteiger charge is -2.36. The molecule has 0 amide bonds. The Balaban J connectivity index is 1.45. The zero-order valence-electron chi connectivity index (χ0n) is 23.3. The molecule has 4 heterocycles. The standard InChI is InChI=1S/C27H35N7O5S2/c1-16(2)41(38,39)32-19-8-6-18(7-9-19)15-34-12-4-5-21-23(33-13-10-20(35)11-14-33)29-26(30-24(21)34)31-27-28-17(3)22(40-27)25(36)37/h6-9,16,20,32,35H,4-5,10-15H2,1-3H3,(H,36,37)(H,28,29,30,31). The number of aryl methyl sites for hydroxylation is 1. The average Bonchev–Trinajstić information content (AvgIpc) is 3.30. The molecule has 5 rings (SSSR count). The Morgan fingerprint density at radius 2 is 1.78 bits per heavy atom. The number of aliphatic hydroxyl groups is 1. The molecule has 3 aromatic rings. The van der Waals surface area contributed by atoms with E-state index in [0.717, 1.165) is 53.5 Å². The van der Waals surface area contributed by atoms with E-state index in [2.05, 4.69) is 24.8 Å². The second-order valence-electron chi connectivity index (χ2n) is 10.7. The van der Waals surface area contributed by atoms with Gasteiger partial charge in [0.15, 0.2) is 5.13 Å². The van der Waals surface area contributed by atoms with Crippen molar-refractivity contribution in [1.29, 1.82) is 0 Å². The number of aromatic carboxylic acids is 1. The number of fused-ring (bicyclic) bond motifs is 1. The zero-order valence-corrected chi connectivity index (χ0v) is 24.9. The van der Waals surface area contributed by atoms with Crippen LogP contribution in [0.1, 0.15) is 59.6 Å². The number of hydrogen-bond acceptors (Lipinski definition) is 11. The maximum Gasteiger partial charge on any atom is 0.347 e. The van der Waals surface area contributed by atoms with Crippen molar-refractivity contribution in [2.45, 2.75) is 64.4 Å². The lowest BCUT2D eigenvalue weighted by molar-refractivity contribution is 0.0701. The molecule has 2 aromatic heterocycles. The summed E-state index contributed by atoms with van der Waals surface area (Å²) >= 11 is 1.04. The summed E-state index contributed by atoms with van der Waals surface area (Å²) in [5.74, 6) is 0.924. The van der Waals surface area contributed by atoms with Gasteiger partial charge in [-0.3, -0.25) is 10.0 Å². The van der Waals surface area contributed by atoms with E-state index < -0.39 is 21.2 Å². The van der Waals surface area contributed by atoms with Crippen LogP contribution in [0.3, 0.4) is 0 Å². The predicted molar refractivity (Wildman–Crippen MR) is 160 cm³/mol. The number of carboxylic acid groups (broad SMARTS) is 1. The Hall–Kier alpha value is -3.49. The van der Waals surface area contributed by atoms with Crippen LogP contribution in [0.2, 0.25) is 0 Å². The van der Waals surface area contributed by atoms with E-state index in [1.165, 1.54) is 0 Å². The number of rotatable bonds is 9. The van der Waals surface area contributed by atoms with Crippen LogP contribution in [0.4, 0.5) is 28.4 Å². The van der Waals surface area contributed by atoms with Crippen LogP contribution >= 0.6 is 11.3 Å². The first-order valence-corrected chi connectivity index (χ1v) is 16.0. The molecule has 1 fully saturated rings. The summed E-state index contributed by atoms with van der Waals surface area (Å²) in [6.45, 7) is 7.63. The molecule has 0 spiro atoms. The van der Waals surface area contributed by atoms with Crippen molar-refractivity contribution in [3.8, 4) is 0 Å². The molecule has 2 aliphatic rings.